The Kier molecular flexibility index (Phi) is 5.21. The molecular formula is C20H24N2O5. The number of hydrogen-bond donors (Lipinski definition) is 1. The van der Waals surface area contributed by atoms with E-state index in [2.05, 4.69) is 5.32 Å². The predicted molar refractivity (Wildman–Crippen MR) is 99.6 cm³/mol. The number of aryl methyl sites for hydroxylation is 1. The van der Waals surface area contributed by atoms with Crippen LogP contribution >= 0.6 is 0 Å². The van der Waals surface area contributed by atoms with E-state index < -0.39 is 11.9 Å². The van der Waals surface area contributed by atoms with Gasteiger partial charge in [0, 0.05) is 11.8 Å². The molecule has 3 amide bonds. The lowest BCUT2D eigenvalue weighted by Gasteiger charge is -2.23. The maximum absolute atomic E-state index is 12.8. The van der Waals surface area contributed by atoms with Crippen LogP contribution in [0.5, 0.6) is 11.5 Å². The monoisotopic (exact) mass is 372 g/mol. The van der Waals surface area contributed by atoms with Gasteiger partial charge in [-0.25, -0.2) is 0 Å². The molecule has 27 heavy (non-hydrogen) atoms. The number of likely N-dealkylation sites (tertiary alicyclic amines) is 1. The quantitative estimate of drug-likeness (QED) is 0.633. The van der Waals surface area contributed by atoms with Crippen molar-refractivity contribution in [2.24, 2.45) is 11.8 Å². The number of carbonyl (C=O) groups excluding carboxylic acids is 3. The lowest BCUT2D eigenvalue weighted by Crippen LogP contribution is -2.46. The van der Waals surface area contributed by atoms with Crippen LogP contribution < -0.4 is 14.8 Å². The summed E-state index contributed by atoms with van der Waals surface area (Å²) in [5.41, 5.74) is 1.33. The van der Waals surface area contributed by atoms with Crippen LogP contribution in [-0.2, 0) is 14.4 Å². The van der Waals surface area contributed by atoms with Crippen LogP contribution in [-0.4, -0.2) is 42.9 Å². The van der Waals surface area contributed by atoms with Crippen LogP contribution in [0.2, 0.25) is 0 Å². The molecule has 1 aliphatic heterocycles. The molecule has 144 valence electrons. The van der Waals surface area contributed by atoms with Gasteiger partial charge in [-0.2, -0.15) is 0 Å². The van der Waals surface area contributed by atoms with E-state index in [0.717, 1.165) is 10.5 Å². The molecule has 0 spiro atoms. The number of benzene rings is 1. The molecular weight excluding hydrogens is 348 g/mol. The van der Waals surface area contributed by atoms with Crippen LogP contribution in [0.15, 0.2) is 24.3 Å². The highest BCUT2D eigenvalue weighted by molar-refractivity contribution is 6.10. The number of carbonyl (C=O) groups is 3. The summed E-state index contributed by atoms with van der Waals surface area (Å²) in [5.74, 6) is -0.596. The number of methoxy groups -OCH3 is 2. The van der Waals surface area contributed by atoms with E-state index in [9.17, 15) is 14.4 Å². The number of rotatable bonds is 5. The Morgan fingerprint density at radius 1 is 1.07 bits per heavy atom. The highest BCUT2D eigenvalue weighted by Crippen LogP contribution is 2.37. The minimum Gasteiger partial charge on any atom is -0.493 e. The molecule has 0 radical (unpaired) electrons. The first-order valence-electron chi connectivity index (χ1n) is 8.94. The summed E-state index contributed by atoms with van der Waals surface area (Å²) in [6, 6.07) is 2.53. The molecule has 1 aromatic carbocycles. The third-order valence-corrected chi connectivity index (χ3v) is 5.30. The minimum atomic E-state index is -0.886. The minimum absolute atomic E-state index is 0.263. The number of hydrogen-bond acceptors (Lipinski definition) is 5. The van der Waals surface area contributed by atoms with Crippen molar-refractivity contribution in [1.29, 1.82) is 0 Å². The van der Waals surface area contributed by atoms with Gasteiger partial charge in [0.1, 0.15) is 6.04 Å². The Hall–Kier alpha value is -2.83. The van der Waals surface area contributed by atoms with E-state index in [1.165, 1.54) is 14.2 Å². The molecule has 1 N–H and O–H groups in total. The van der Waals surface area contributed by atoms with E-state index in [0.29, 0.717) is 30.0 Å². The molecule has 3 rings (SSSR count). The Labute approximate surface area is 158 Å². The molecule has 1 aromatic rings. The predicted octanol–water partition coefficient (Wildman–Crippen LogP) is 2.29. The fraction of sp³-hybridized carbons (Fsp3) is 0.450. The van der Waals surface area contributed by atoms with Crippen molar-refractivity contribution in [3.05, 3.63) is 29.8 Å². The third kappa shape index (κ3) is 3.29. The van der Waals surface area contributed by atoms with E-state index >= 15 is 0 Å². The molecule has 1 fully saturated rings. The zero-order valence-corrected chi connectivity index (χ0v) is 15.9. The standard InChI is InChI=1S/C20H24N2O5/c1-11-9-16(26-3)17(27-4)10-15(11)21-18(23)12(2)22-19(24)13-7-5-6-8-14(13)20(22)25/h5-6,9-10,12-14H,7-8H2,1-4H3,(H,21,23)/t12-,13-,14+/m1/s1. The topological polar surface area (TPSA) is 84.9 Å². The van der Waals surface area contributed by atoms with Crippen LogP contribution in [0.1, 0.15) is 25.3 Å². The number of nitrogens with one attached hydrogen (secondary N) is 1. The number of allylic oxidation sites excluding steroid dienone is 2. The molecule has 2 aliphatic rings. The highest BCUT2D eigenvalue weighted by atomic mass is 16.5. The zero-order chi connectivity index (χ0) is 19.7. The summed E-state index contributed by atoms with van der Waals surface area (Å²) >= 11 is 0. The number of nitrogens with zero attached hydrogens (tertiary/aromatic N) is 1. The van der Waals surface area contributed by atoms with E-state index in [-0.39, 0.29) is 23.7 Å². The number of anilines is 1. The number of fused-ring (bicyclic) bond motifs is 1. The van der Waals surface area contributed by atoms with E-state index in [4.69, 9.17) is 9.47 Å². The van der Waals surface area contributed by atoms with Crippen molar-refractivity contribution in [1.82, 2.24) is 4.90 Å². The van der Waals surface area contributed by atoms with Crippen LogP contribution in [0.3, 0.4) is 0 Å². The molecule has 7 heteroatoms. The van der Waals surface area contributed by atoms with Crippen molar-refractivity contribution >= 4 is 23.4 Å². The Balaban J connectivity index is 1.79. The number of ether oxygens (including phenoxy) is 2. The maximum Gasteiger partial charge on any atom is 0.247 e. The van der Waals surface area contributed by atoms with Gasteiger partial charge >= 0.3 is 0 Å². The summed E-state index contributed by atoms with van der Waals surface area (Å²) in [7, 11) is 3.05. The number of imide groups is 1. The Morgan fingerprint density at radius 3 is 2.11 bits per heavy atom. The van der Waals surface area contributed by atoms with Gasteiger partial charge in [0.25, 0.3) is 0 Å². The van der Waals surface area contributed by atoms with Gasteiger partial charge in [-0.3, -0.25) is 19.3 Å². The van der Waals surface area contributed by atoms with Crippen molar-refractivity contribution in [3.8, 4) is 11.5 Å². The summed E-state index contributed by atoms with van der Waals surface area (Å²) in [5, 5.41) is 2.80. The highest BCUT2D eigenvalue weighted by Gasteiger charge is 2.50. The number of amides is 3. The average molecular weight is 372 g/mol. The van der Waals surface area contributed by atoms with Crippen LogP contribution in [0.4, 0.5) is 5.69 Å². The lowest BCUT2D eigenvalue weighted by atomic mass is 9.85. The first-order valence-corrected chi connectivity index (χ1v) is 8.94. The molecule has 3 atom stereocenters. The van der Waals surface area contributed by atoms with Crippen molar-refractivity contribution in [2.45, 2.75) is 32.7 Å². The molecule has 0 unspecified atom stereocenters. The van der Waals surface area contributed by atoms with Crippen molar-refractivity contribution in [3.63, 3.8) is 0 Å². The second-order valence-corrected chi connectivity index (χ2v) is 6.89. The SMILES string of the molecule is COc1cc(C)c(NC(=O)[C@@H](C)N2C(=O)[C@H]3CC=CC[C@H]3C2=O)cc1OC. The van der Waals surface area contributed by atoms with Gasteiger partial charge < -0.3 is 14.8 Å². The first kappa shape index (κ1) is 18.9. The van der Waals surface area contributed by atoms with Crippen molar-refractivity contribution in [2.75, 3.05) is 19.5 Å². The Bertz CT molecular complexity index is 791. The summed E-state index contributed by atoms with van der Waals surface area (Å²) in [6.07, 6.45) is 4.95. The second-order valence-electron chi connectivity index (χ2n) is 6.89. The fourth-order valence-corrected chi connectivity index (χ4v) is 3.68. The lowest BCUT2D eigenvalue weighted by molar-refractivity contribution is -0.146. The largest absolute Gasteiger partial charge is 0.493 e. The molecule has 0 aromatic heterocycles. The molecule has 0 bridgehead atoms. The second kappa shape index (κ2) is 7.42. The molecule has 0 saturated carbocycles. The van der Waals surface area contributed by atoms with Gasteiger partial charge in [-0.05, 0) is 38.3 Å². The van der Waals surface area contributed by atoms with Crippen LogP contribution in [0.25, 0.3) is 0 Å². The smallest absolute Gasteiger partial charge is 0.247 e. The molecule has 1 heterocycles. The van der Waals surface area contributed by atoms with Gasteiger partial charge in [0.15, 0.2) is 11.5 Å². The molecule has 1 aliphatic carbocycles. The third-order valence-electron chi connectivity index (χ3n) is 5.30. The summed E-state index contributed by atoms with van der Waals surface area (Å²) in [4.78, 5) is 39.2. The first-order chi connectivity index (χ1) is 12.9. The maximum atomic E-state index is 12.8. The van der Waals surface area contributed by atoms with Crippen molar-refractivity contribution < 1.29 is 23.9 Å². The fourth-order valence-electron chi connectivity index (χ4n) is 3.68. The summed E-state index contributed by atoms with van der Waals surface area (Å²) in [6.45, 7) is 3.40. The summed E-state index contributed by atoms with van der Waals surface area (Å²) < 4.78 is 10.5. The van der Waals surface area contributed by atoms with E-state index in [1.54, 1.807) is 19.1 Å². The Morgan fingerprint density at radius 2 is 1.59 bits per heavy atom. The van der Waals surface area contributed by atoms with Gasteiger partial charge in [0.05, 0.1) is 26.1 Å². The van der Waals surface area contributed by atoms with Gasteiger partial charge in [-0.15, -0.1) is 0 Å². The van der Waals surface area contributed by atoms with Gasteiger partial charge in [-0.1, -0.05) is 12.2 Å². The van der Waals surface area contributed by atoms with Crippen LogP contribution in [0, 0.1) is 18.8 Å². The molecule has 1 saturated heterocycles. The van der Waals surface area contributed by atoms with Gasteiger partial charge in [0.2, 0.25) is 17.7 Å². The normalized spacial score (nSPS) is 22.4. The average Bonchev–Trinajstić information content (AvgIpc) is 2.93. The van der Waals surface area contributed by atoms with E-state index in [1.807, 2.05) is 19.1 Å². The molecule has 7 nitrogen and oxygen atoms in total. The zero-order valence-electron chi connectivity index (χ0n) is 15.9.